The summed E-state index contributed by atoms with van der Waals surface area (Å²) in [5.41, 5.74) is 1.26. The lowest BCUT2D eigenvalue weighted by Crippen LogP contribution is -2.37. The highest BCUT2D eigenvalue weighted by molar-refractivity contribution is 6.30. The molecule has 1 aliphatic heterocycles. The molecule has 21 heavy (non-hydrogen) atoms. The summed E-state index contributed by atoms with van der Waals surface area (Å²) >= 11 is 6.09. The van der Waals surface area contributed by atoms with Crippen LogP contribution in [0.25, 0.3) is 0 Å². The van der Waals surface area contributed by atoms with Crippen LogP contribution in [0.1, 0.15) is 37.3 Å². The molecule has 2 atom stereocenters. The summed E-state index contributed by atoms with van der Waals surface area (Å²) in [5, 5.41) is 13.3. The van der Waals surface area contributed by atoms with Gasteiger partial charge in [0.1, 0.15) is 0 Å². The first-order chi connectivity index (χ1) is 10.2. The van der Waals surface area contributed by atoms with Gasteiger partial charge in [0.05, 0.1) is 0 Å². The molecule has 2 N–H and O–H groups in total. The number of likely N-dealkylation sites (tertiary alicyclic amines) is 1. The van der Waals surface area contributed by atoms with Crippen LogP contribution in [0.2, 0.25) is 5.02 Å². The van der Waals surface area contributed by atoms with E-state index in [1.807, 2.05) is 25.2 Å². The lowest BCUT2D eigenvalue weighted by Gasteiger charge is -2.33. The third-order valence-electron chi connectivity index (χ3n) is 4.47. The number of halogens is 1. The van der Waals surface area contributed by atoms with Crippen LogP contribution in [-0.4, -0.2) is 43.3 Å². The van der Waals surface area contributed by atoms with Crippen molar-refractivity contribution in [1.82, 2.24) is 10.2 Å². The minimum Gasteiger partial charge on any atom is -0.396 e. The Morgan fingerprint density at radius 2 is 2.33 bits per heavy atom. The molecule has 0 radical (unpaired) electrons. The predicted molar refractivity (Wildman–Crippen MR) is 88.7 cm³/mol. The second-order valence-corrected chi connectivity index (χ2v) is 6.44. The van der Waals surface area contributed by atoms with Gasteiger partial charge in [-0.2, -0.15) is 0 Å². The zero-order valence-electron chi connectivity index (χ0n) is 12.9. The van der Waals surface area contributed by atoms with Gasteiger partial charge in [-0.3, -0.25) is 0 Å². The van der Waals surface area contributed by atoms with E-state index in [-0.39, 0.29) is 0 Å². The monoisotopic (exact) mass is 310 g/mol. The molecule has 2 rings (SSSR count). The van der Waals surface area contributed by atoms with Gasteiger partial charge in [0.2, 0.25) is 0 Å². The molecule has 118 valence electrons. The molecule has 1 aromatic carbocycles. The number of aliphatic hydroxyl groups is 1. The summed E-state index contributed by atoms with van der Waals surface area (Å²) in [7, 11) is 2.01. The van der Waals surface area contributed by atoms with E-state index >= 15 is 0 Å². The van der Waals surface area contributed by atoms with Crippen LogP contribution in [-0.2, 0) is 0 Å². The third-order valence-corrected chi connectivity index (χ3v) is 4.71. The first-order valence-electron chi connectivity index (χ1n) is 7.99. The number of rotatable bonds is 7. The first-order valence-corrected chi connectivity index (χ1v) is 8.36. The van der Waals surface area contributed by atoms with Crippen LogP contribution >= 0.6 is 11.6 Å². The van der Waals surface area contributed by atoms with Gasteiger partial charge >= 0.3 is 0 Å². The van der Waals surface area contributed by atoms with Crippen LogP contribution in [0.15, 0.2) is 24.3 Å². The highest BCUT2D eigenvalue weighted by atomic mass is 35.5. The highest BCUT2D eigenvalue weighted by Crippen LogP contribution is 2.23. The minimum atomic E-state index is 0.320. The van der Waals surface area contributed by atoms with E-state index in [4.69, 9.17) is 16.7 Å². The van der Waals surface area contributed by atoms with Gasteiger partial charge in [0.25, 0.3) is 0 Å². The second kappa shape index (κ2) is 8.74. The van der Waals surface area contributed by atoms with Crippen molar-refractivity contribution >= 4 is 11.6 Å². The zero-order valence-corrected chi connectivity index (χ0v) is 13.6. The molecule has 0 saturated carbocycles. The average molecular weight is 311 g/mol. The molecule has 0 spiro atoms. The molecule has 0 aromatic heterocycles. The lowest BCUT2D eigenvalue weighted by atomic mass is 9.94. The normalized spacial score (nSPS) is 21.4. The summed E-state index contributed by atoms with van der Waals surface area (Å²) in [6.07, 6.45) is 4.55. The quantitative estimate of drug-likeness (QED) is 0.812. The molecule has 2 unspecified atom stereocenters. The van der Waals surface area contributed by atoms with Crippen LogP contribution in [0.4, 0.5) is 0 Å². The third kappa shape index (κ3) is 5.26. The van der Waals surface area contributed by atoms with Crippen molar-refractivity contribution < 1.29 is 5.11 Å². The number of hydrogen-bond acceptors (Lipinski definition) is 3. The Morgan fingerprint density at radius 3 is 3.05 bits per heavy atom. The van der Waals surface area contributed by atoms with Crippen molar-refractivity contribution in [1.29, 1.82) is 0 Å². The maximum Gasteiger partial charge on any atom is 0.0434 e. The van der Waals surface area contributed by atoms with Crippen molar-refractivity contribution in [2.45, 2.75) is 31.7 Å². The first kappa shape index (κ1) is 16.8. The lowest BCUT2D eigenvalue weighted by molar-refractivity contribution is 0.143. The van der Waals surface area contributed by atoms with Gasteiger partial charge in [-0.1, -0.05) is 23.7 Å². The van der Waals surface area contributed by atoms with E-state index in [0.717, 1.165) is 31.0 Å². The molecule has 1 aliphatic rings. The maximum atomic E-state index is 9.09. The number of piperidine rings is 1. The van der Waals surface area contributed by atoms with Crippen LogP contribution < -0.4 is 5.32 Å². The number of nitrogens with one attached hydrogen (secondary N) is 1. The summed E-state index contributed by atoms with van der Waals surface area (Å²) in [5.74, 6) is 0.669. The van der Waals surface area contributed by atoms with Gasteiger partial charge in [0, 0.05) is 24.2 Å². The number of nitrogens with zero attached hydrogens (tertiary/aromatic N) is 1. The number of hydrogen-bond donors (Lipinski definition) is 2. The molecule has 0 amide bonds. The Balaban J connectivity index is 1.85. The van der Waals surface area contributed by atoms with Gasteiger partial charge < -0.3 is 15.3 Å². The second-order valence-electron chi connectivity index (χ2n) is 6.01. The molecule has 3 nitrogen and oxygen atoms in total. The fraction of sp³-hybridized carbons (Fsp3) is 0.647. The Bertz CT molecular complexity index is 425. The van der Waals surface area contributed by atoms with E-state index < -0.39 is 0 Å². The summed E-state index contributed by atoms with van der Waals surface area (Å²) in [6.45, 7) is 3.74. The standard InChI is InChI=1S/C17H27ClN2O/c1-19-17(15-5-2-6-16(18)12-15)7-10-20-9-3-4-14(13-20)8-11-21/h2,5-6,12,14,17,19,21H,3-4,7-11,13H2,1H3. The van der Waals surface area contributed by atoms with E-state index in [2.05, 4.69) is 16.3 Å². The minimum absolute atomic E-state index is 0.320. The largest absolute Gasteiger partial charge is 0.396 e. The van der Waals surface area contributed by atoms with E-state index in [9.17, 15) is 0 Å². The van der Waals surface area contributed by atoms with Crippen LogP contribution in [0.5, 0.6) is 0 Å². The Labute approximate surface area is 133 Å². The van der Waals surface area contributed by atoms with Gasteiger partial charge in [-0.25, -0.2) is 0 Å². The van der Waals surface area contributed by atoms with Gasteiger partial charge in [-0.05, 0) is 69.4 Å². The SMILES string of the molecule is CNC(CCN1CCCC(CCO)C1)c1cccc(Cl)c1. The zero-order chi connectivity index (χ0) is 15.1. The van der Waals surface area contributed by atoms with E-state index in [0.29, 0.717) is 18.6 Å². The molecule has 0 aliphatic carbocycles. The fourth-order valence-corrected chi connectivity index (χ4v) is 3.48. The molecule has 1 fully saturated rings. The molecule has 1 heterocycles. The molecular weight excluding hydrogens is 284 g/mol. The van der Waals surface area contributed by atoms with Gasteiger partial charge in [0.15, 0.2) is 0 Å². The van der Waals surface area contributed by atoms with Crippen LogP contribution in [0, 0.1) is 5.92 Å². The van der Waals surface area contributed by atoms with Crippen molar-refractivity contribution in [3.05, 3.63) is 34.9 Å². The Morgan fingerprint density at radius 1 is 1.48 bits per heavy atom. The molecular formula is C17H27ClN2O. The number of aliphatic hydroxyl groups excluding tert-OH is 1. The van der Waals surface area contributed by atoms with Crippen molar-refractivity contribution in [2.24, 2.45) is 5.92 Å². The Kier molecular flexibility index (Phi) is 6.97. The molecule has 0 bridgehead atoms. The summed E-state index contributed by atoms with van der Waals surface area (Å²) in [4.78, 5) is 2.54. The maximum absolute atomic E-state index is 9.09. The van der Waals surface area contributed by atoms with E-state index in [1.54, 1.807) is 0 Å². The molecule has 1 saturated heterocycles. The number of benzene rings is 1. The van der Waals surface area contributed by atoms with Crippen molar-refractivity contribution in [2.75, 3.05) is 33.3 Å². The summed E-state index contributed by atoms with van der Waals surface area (Å²) < 4.78 is 0. The smallest absolute Gasteiger partial charge is 0.0434 e. The topological polar surface area (TPSA) is 35.5 Å². The van der Waals surface area contributed by atoms with Gasteiger partial charge in [-0.15, -0.1) is 0 Å². The van der Waals surface area contributed by atoms with Crippen molar-refractivity contribution in [3.8, 4) is 0 Å². The summed E-state index contributed by atoms with van der Waals surface area (Å²) in [6, 6.07) is 8.47. The average Bonchev–Trinajstić information content (AvgIpc) is 2.49. The Hall–Kier alpha value is -0.610. The van der Waals surface area contributed by atoms with E-state index in [1.165, 1.54) is 24.9 Å². The molecule has 4 heteroatoms. The highest BCUT2D eigenvalue weighted by Gasteiger charge is 2.20. The van der Waals surface area contributed by atoms with Crippen LogP contribution in [0.3, 0.4) is 0 Å². The fourth-order valence-electron chi connectivity index (χ4n) is 3.29. The molecule has 1 aromatic rings. The van der Waals surface area contributed by atoms with Crippen molar-refractivity contribution in [3.63, 3.8) is 0 Å². The predicted octanol–water partition coefficient (Wildman–Crippen LogP) is 3.09.